The van der Waals surface area contributed by atoms with Crippen LogP contribution in [0.15, 0.2) is 30.5 Å². The SMILES string of the molecule is CCCC(N)C(=O)Nc1ccc(Cl)c2ncccc12. The monoisotopic (exact) mass is 277 g/mol. The maximum atomic E-state index is 11.9. The number of hydrogen-bond donors (Lipinski definition) is 2. The standard InChI is InChI=1S/C14H16ClN3O/c1-2-4-11(16)14(19)18-12-7-6-10(15)13-9(12)5-3-8-17-13/h3,5-8,11H,2,4,16H2,1H3,(H,18,19). The number of fused-ring (bicyclic) bond motifs is 1. The molecule has 1 unspecified atom stereocenters. The quantitative estimate of drug-likeness (QED) is 0.903. The van der Waals surface area contributed by atoms with Crippen molar-refractivity contribution < 1.29 is 4.79 Å². The summed E-state index contributed by atoms with van der Waals surface area (Å²) in [5.74, 6) is -0.186. The fraction of sp³-hybridized carbons (Fsp3) is 0.286. The maximum Gasteiger partial charge on any atom is 0.241 e. The lowest BCUT2D eigenvalue weighted by molar-refractivity contribution is -0.117. The summed E-state index contributed by atoms with van der Waals surface area (Å²) in [4.78, 5) is 16.2. The van der Waals surface area contributed by atoms with Gasteiger partial charge in [-0.3, -0.25) is 9.78 Å². The summed E-state index contributed by atoms with van der Waals surface area (Å²) in [6, 6.07) is 6.67. The highest BCUT2D eigenvalue weighted by Crippen LogP contribution is 2.28. The molecule has 0 saturated carbocycles. The van der Waals surface area contributed by atoms with Crippen LogP contribution in [-0.2, 0) is 4.79 Å². The second kappa shape index (κ2) is 5.99. The molecule has 0 saturated heterocycles. The van der Waals surface area contributed by atoms with E-state index in [9.17, 15) is 4.79 Å². The van der Waals surface area contributed by atoms with Crippen molar-refractivity contribution in [3.63, 3.8) is 0 Å². The van der Waals surface area contributed by atoms with Crippen molar-refractivity contribution in [2.45, 2.75) is 25.8 Å². The summed E-state index contributed by atoms with van der Waals surface area (Å²) in [5.41, 5.74) is 7.15. The van der Waals surface area contributed by atoms with E-state index in [1.54, 1.807) is 24.4 Å². The second-order valence-corrected chi connectivity index (χ2v) is 4.79. The van der Waals surface area contributed by atoms with E-state index in [0.717, 1.165) is 11.8 Å². The molecule has 5 heteroatoms. The number of nitrogens with one attached hydrogen (secondary N) is 1. The largest absolute Gasteiger partial charge is 0.324 e. The zero-order valence-corrected chi connectivity index (χ0v) is 11.4. The Balaban J connectivity index is 2.31. The average Bonchev–Trinajstić information content (AvgIpc) is 2.42. The van der Waals surface area contributed by atoms with E-state index in [4.69, 9.17) is 17.3 Å². The fourth-order valence-corrected chi connectivity index (χ4v) is 2.13. The Morgan fingerprint density at radius 1 is 1.47 bits per heavy atom. The van der Waals surface area contributed by atoms with Crippen LogP contribution in [-0.4, -0.2) is 16.9 Å². The average molecular weight is 278 g/mol. The first-order valence-electron chi connectivity index (χ1n) is 6.23. The normalized spacial score (nSPS) is 12.4. The summed E-state index contributed by atoms with van der Waals surface area (Å²) in [6.45, 7) is 1.99. The van der Waals surface area contributed by atoms with Crippen molar-refractivity contribution in [1.29, 1.82) is 0 Å². The number of nitrogens with zero attached hydrogens (tertiary/aromatic N) is 1. The number of carbonyl (C=O) groups is 1. The zero-order chi connectivity index (χ0) is 13.8. The van der Waals surface area contributed by atoms with Gasteiger partial charge >= 0.3 is 0 Å². The molecule has 0 bridgehead atoms. The summed E-state index contributed by atoms with van der Waals surface area (Å²) in [6.07, 6.45) is 3.20. The molecule has 0 aliphatic heterocycles. The van der Waals surface area contributed by atoms with Crippen molar-refractivity contribution in [2.75, 3.05) is 5.32 Å². The Morgan fingerprint density at radius 2 is 2.26 bits per heavy atom. The van der Waals surface area contributed by atoms with Gasteiger partial charge in [0.2, 0.25) is 5.91 Å². The van der Waals surface area contributed by atoms with E-state index >= 15 is 0 Å². The van der Waals surface area contributed by atoms with Gasteiger partial charge in [0.15, 0.2) is 0 Å². The molecular formula is C14H16ClN3O. The molecule has 0 radical (unpaired) electrons. The van der Waals surface area contributed by atoms with Gasteiger partial charge in [-0.2, -0.15) is 0 Å². The van der Waals surface area contributed by atoms with Gasteiger partial charge in [0.1, 0.15) is 0 Å². The lowest BCUT2D eigenvalue weighted by Gasteiger charge is -2.13. The Kier molecular flexibility index (Phi) is 4.35. The van der Waals surface area contributed by atoms with Gasteiger partial charge in [0.05, 0.1) is 22.3 Å². The van der Waals surface area contributed by atoms with Crippen LogP contribution in [0.5, 0.6) is 0 Å². The van der Waals surface area contributed by atoms with Gasteiger partial charge in [-0.15, -0.1) is 0 Å². The van der Waals surface area contributed by atoms with Gasteiger partial charge in [0.25, 0.3) is 0 Å². The molecule has 1 heterocycles. The Morgan fingerprint density at radius 3 is 3.00 bits per heavy atom. The molecule has 1 amide bonds. The number of nitrogens with two attached hydrogens (primary N) is 1. The first kappa shape index (κ1) is 13.8. The van der Waals surface area contributed by atoms with Crippen molar-refractivity contribution in [3.05, 3.63) is 35.5 Å². The van der Waals surface area contributed by atoms with E-state index in [1.807, 2.05) is 13.0 Å². The minimum Gasteiger partial charge on any atom is -0.324 e. The number of amides is 1. The van der Waals surface area contributed by atoms with Crippen LogP contribution in [0.3, 0.4) is 0 Å². The molecule has 19 heavy (non-hydrogen) atoms. The van der Waals surface area contributed by atoms with E-state index in [0.29, 0.717) is 22.6 Å². The molecule has 0 aliphatic rings. The smallest absolute Gasteiger partial charge is 0.241 e. The lowest BCUT2D eigenvalue weighted by Crippen LogP contribution is -2.35. The first-order valence-corrected chi connectivity index (χ1v) is 6.61. The summed E-state index contributed by atoms with van der Waals surface area (Å²) >= 11 is 6.08. The van der Waals surface area contributed by atoms with Crippen LogP contribution < -0.4 is 11.1 Å². The van der Waals surface area contributed by atoms with E-state index in [1.165, 1.54) is 0 Å². The third kappa shape index (κ3) is 3.03. The van der Waals surface area contributed by atoms with Gasteiger partial charge < -0.3 is 11.1 Å². The molecule has 0 fully saturated rings. The highest BCUT2D eigenvalue weighted by atomic mass is 35.5. The number of hydrogen-bond acceptors (Lipinski definition) is 3. The Hall–Kier alpha value is -1.65. The van der Waals surface area contributed by atoms with Crippen molar-refractivity contribution in [2.24, 2.45) is 5.73 Å². The summed E-state index contributed by atoms with van der Waals surface area (Å²) in [5, 5.41) is 4.21. The molecule has 100 valence electrons. The Bertz CT molecular complexity index is 600. The third-order valence-electron chi connectivity index (χ3n) is 2.91. The van der Waals surface area contributed by atoms with Crippen LogP contribution in [0.1, 0.15) is 19.8 Å². The number of rotatable bonds is 4. The topological polar surface area (TPSA) is 68.0 Å². The van der Waals surface area contributed by atoms with Crippen LogP contribution in [0.4, 0.5) is 5.69 Å². The third-order valence-corrected chi connectivity index (χ3v) is 3.22. The molecule has 2 rings (SSSR count). The molecule has 1 aromatic heterocycles. The number of carbonyl (C=O) groups excluding carboxylic acids is 1. The van der Waals surface area contributed by atoms with E-state index in [-0.39, 0.29) is 5.91 Å². The number of aromatic nitrogens is 1. The molecule has 4 nitrogen and oxygen atoms in total. The van der Waals surface area contributed by atoms with Crippen molar-refractivity contribution in [3.8, 4) is 0 Å². The maximum absolute atomic E-state index is 11.9. The molecule has 1 atom stereocenters. The van der Waals surface area contributed by atoms with Crippen LogP contribution in [0.25, 0.3) is 10.9 Å². The Labute approximate surface area is 117 Å². The second-order valence-electron chi connectivity index (χ2n) is 4.38. The highest BCUT2D eigenvalue weighted by Gasteiger charge is 2.14. The predicted octanol–water partition coefficient (Wildman–Crippen LogP) is 2.95. The van der Waals surface area contributed by atoms with Gasteiger partial charge in [-0.25, -0.2) is 0 Å². The zero-order valence-electron chi connectivity index (χ0n) is 10.7. The van der Waals surface area contributed by atoms with Crippen LogP contribution in [0, 0.1) is 0 Å². The predicted molar refractivity (Wildman–Crippen MR) is 78.3 cm³/mol. The van der Waals surface area contributed by atoms with E-state index in [2.05, 4.69) is 10.3 Å². The van der Waals surface area contributed by atoms with Crippen LogP contribution >= 0.6 is 11.6 Å². The lowest BCUT2D eigenvalue weighted by atomic mass is 10.1. The van der Waals surface area contributed by atoms with Crippen molar-refractivity contribution >= 4 is 34.1 Å². The number of benzene rings is 1. The van der Waals surface area contributed by atoms with Crippen LogP contribution in [0.2, 0.25) is 5.02 Å². The van der Waals surface area contributed by atoms with Gasteiger partial charge in [-0.05, 0) is 30.7 Å². The number of anilines is 1. The van der Waals surface area contributed by atoms with Gasteiger partial charge in [0, 0.05) is 11.6 Å². The molecule has 0 aliphatic carbocycles. The highest BCUT2D eigenvalue weighted by molar-refractivity contribution is 6.35. The molecule has 1 aromatic carbocycles. The number of halogens is 1. The minimum atomic E-state index is -0.493. The van der Waals surface area contributed by atoms with E-state index < -0.39 is 6.04 Å². The first-order chi connectivity index (χ1) is 9.13. The number of pyridine rings is 1. The minimum absolute atomic E-state index is 0.186. The summed E-state index contributed by atoms with van der Waals surface area (Å²) in [7, 11) is 0. The molecular weight excluding hydrogens is 262 g/mol. The molecule has 2 aromatic rings. The summed E-state index contributed by atoms with van der Waals surface area (Å²) < 4.78 is 0. The molecule has 3 N–H and O–H groups in total. The van der Waals surface area contributed by atoms with Gasteiger partial charge in [-0.1, -0.05) is 24.9 Å². The molecule has 0 spiro atoms. The van der Waals surface area contributed by atoms with Crippen molar-refractivity contribution in [1.82, 2.24) is 4.98 Å². The fourth-order valence-electron chi connectivity index (χ4n) is 1.91.